The highest BCUT2D eigenvalue weighted by Gasteiger charge is 2.39. The molecule has 1 N–H and O–H groups in total. The Morgan fingerprint density at radius 1 is 0.957 bits per heavy atom. The molecule has 2 aromatic rings. The van der Waals surface area contributed by atoms with Crippen LogP contribution in [0.5, 0.6) is 0 Å². The van der Waals surface area contributed by atoms with E-state index in [0.717, 1.165) is 11.1 Å². The van der Waals surface area contributed by atoms with Crippen molar-refractivity contribution >= 4 is 5.91 Å². The summed E-state index contributed by atoms with van der Waals surface area (Å²) in [6, 6.07) is 19.7. The summed E-state index contributed by atoms with van der Waals surface area (Å²) < 4.78 is 0. The van der Waals surface area contributed by atoms with Gasteiger partial charge >= 0.3 is 0 Å². The van der Waals surface area contributed by atoms with Crippen molar-refractivity contribution in [3.05, 3.63) is 71.8 Å². The predicted octanol–water partition coefficient (Wildman–Crippen LogP) is 2.93. The van der Waals surface area contributed by atoms with Gasteiger partial charge in [-0.3, -0.25) is 4.79 Å². The number of carbonyl (C=O) groups excluding carboxylic acids is 1. The Bertz CT molecular complexity index is 581. The van der Waals surface area contributed by atoms with Crippen molar-refractivity contribution in [3.63, 3.8) is 0 Å². The van der Waals surface area contributed by atoms with Crippen molar-refractivity contribution in [2.45, 2.75) is 25.4 Å². The van der Waals surface area contributed by atoms with E-state index in [1.807, 2.05) is 67.6 Å². The topological polar surface area (TPSA) is 40.5 Å². The van der Waals surface area contributed by atoms with Crippen LogP contribution < -0.4 is 0 Å². The average Bonchev–Trinajstić information content (AvgIpc) is 2.55. The van der Waals surface area contributed by atoms with E-state index in [4.69, 9.17) is 0 Å². The minimum atomic E-state index is -1.12. The van der Waals surface area contributed by atoms with Gasteiger partial charge in [0.2, 0.25) is 5.91 Å². The number of nitrogens with zero attached hydrogens (tertiary/aromatic N) is 1. The Balaban J connectivity index is 2.31. The first-order chi connectivity index (χ1) is 10.9. The summed E-state index contributed by atoms with van der Waals surface area (Å²) in [6.07, 6.45) is 0.896. The fraction of sp³-hybridized carbons (Fsp3) is 0.350. The normalized spacial score (nSPS) is 12.7. The molecule has 0 aliphatic rings. The summed E-state index contributed by atoms with van der Waals surface area (Å²) in [4.78, 5) is 14.0. The molecule has 0 saturated carbocycles. The van der Waals surface area contributed by atoms with Gasteiger partial charge in [0.1, 0.15) is 0 Å². The number of aliphatic hydroxyl groups is 1. The van der Waals surface area contributed by atoms with Crippen molar-refractivity contribution in [1.29, 1.82) is 0 Å². The third-order valence-electron chi connectivity index (χ3n) is 4.32. The number of carbonyl (C=O) groups is 1. The summed E-state index contributed by atoms with van der Waals surface area (Å²) in [5.74, 6) is -0.544. The maximum Gasteiger partial charge on any atom is 0.227 e. The molecular formula is C20H25NO2. The summed E-state index contributed by atoms with van der Waals surface area (Å²) in [6.45, 7) is 1.81. The fourth-order valence-electron chi connectivity index (χ4n) is 2.88. The number of hydrogen-bond donors (Lipinski definition) is 1. The van der Waals surface area contributed by atoms with E-state index >= 15 is 0 Å². The van der Waals surface area contributed by atoms with Crippen molar-refractivity contribution < 1.29 is 9.90 Å². The standard InChI is InChI=1S/C20H25NO2/c1-16(19(22)21(2)3)20(23,14-17-10-6-4-7-11-17)15-18-12-8-5-9-13-18/h4-13,16,23H,14-15H2,1-3H3. The molecule has 1 atom stereocenters. The Kier molecular flexibility index (Phi) is 5.56. The van der Waals surface area contributed by atoms with Crippen LogP contribution in [0.2, 0.25) is 0 Å². The fourth-order valence-corrected chi connectivity index (χ4v) is 2.88. The number of amides is 1. The molecular weight excluding hydrogens is 286 g/mol. The van der Waals surface area contributed by atoms with E-state index in [1.165, 1.54) is 0 Å². The first-order valence-electron chi connectivity index (χ1n) is 7.94. The van der Waals surface area contributed by atoms with Gasteiger partial charge < -0.3 is 10.0 Å². The lowest BCUT2D eigenvalue weighted by atomic mass is 9.78. The van der Waals surface area contributed by atoms with Crippen LogP contribution >= 0.6 is 0 Å². The molecule has 1 amide bonds. The van der Waals surface area contributed by atoms with Crippen LogP contribution in [0.3, 0.4) is 0 Å². The molecule has 0 spiro atoms. The Morgan fingerprint density at radius 2 is 1.35 bits per heavy atom. The van der Waals surface area contributed by atoms with E-state index < -0.39 is 11.5 Å². The van der Waals surface area contributed by atoms with Crippen molar-refractivity contribution in [2.75, 3.05) is 14.1 Å². The molecule has 0 saturated heterocycles. The monoisotopic (exact) mass is 311 g/mol. The molecule has 1 unspecified atom stereocenters. The lowest BCUT2D eigenvalue weighted by Gasteiger charge is -2.35. The van der Waals surface area contributed by atoms with E-state index in [0.29, 0.717) is 12.8 Å². The van der Waals surface area contributed by atoms with Crippen LogP contribution in [0.15, 0.2) is 60.7 Å². The minimum absolute atomic E-state index is 0.0561. The highest BCUT2D eigenvalue weighted by Crippen LogP contribution is 2.28. The van der Waals surface area contributed by atoms with Gasteiger partial charge in [0.15, 0.2) is 0 Å². The first kappa shape index (κ1) is 17.2. The molecule has 0 aromatic heterocycles. The van der Waals surface area contributed by atoms with Crippen LogP contribution in [0, 0.1) is 5.92 Å². The highest BCUT2D eigenvalue weighted by molar-refractivity contribution is 5.79. The lowest BCUT2D eigenvalue weighted by Crippen LogP contribution is -2.48. The van der Waals surface area contributed by atoms with Gasteiger partial charge in [-0.25, -0.2) is 0 Å². The second-order valence-corrected chi connectivity index (χ2v) is 6.38. The van der Waals surface area contributed by atoms with E-state index in [2.05, 4.69) is 0 Å². The lowest BCUT2D eigenvalue weighted by molar-refractivity contribution is -0.141. The highest BCUT2D eigenvalue weighted by atomic mass is 16.3. The molecule has 0 aliphatic heterocycles. The van der Waals surface area contributed by atoms with Gasteiger partial charge in [-0.1, -0.05) is 67.6 Å². The molecule has 0 aliphatic carbocycles. The second-order valence-electron chi connectivity index (χ2n) is 6.38. The largest absolute Gasteiger partial charge is 0.388 e. The van der Waals surface area contributed by atoms with Crippen molar-refractivity contribution in [3.8, 4) is 0 Å². The molecule has 2 aromatic carbocycles. The Labute approximate surface area is 138 Å². The van der Waals surface area contributed by atoms with Gasteiger partial charge in [-0.15, -0.1) is 0 Å². The molecule has 0 heterocycles. The molecule has 0 fully saturated rings. The van der Waals surface area contributed by atoms with E-state index in [9.17, 15) is 9.90 Å². The predicted molar refractivity (Wildman–Crippen MR) is 93.1 cm³/mol. The van der Waals surface area contributed by atoms with Crippen molar-refractivity contribution in [1.82, 2.24) is 4.90 Å². The van der Waals surface area contributed by atoms with E-state index in [1.54, 1.807) is 19.0 Å². The molecule has 23 heavy (non-hydrogen) atoms. The Hall–Kier alpha value is -2.13. The van der Waals surface area contributed by atoms with Gasteiger partial charge in [0, 0.05) is 26.9 Å². The average molecular weight is 311 g/mol. The Morgan fingerprint density at radius 3 is 1.70 bits per heavy atom. The minimum Gasteiger partial charge on any atom is -0.388 e. The zero-order valence-corrected chi connectivity index (χ0v) is 14.1. The van der Waals surface area contributed by atoms with Crippen LogP contribution in [0.25, 0.3) is 0 Å². The van der Waals surface area contributed by atoms with Gasteiger partial charge in [-0.2, -0.15) is 0 Å². The molecule has 2 rings (SSSR count). The van der Waals surface area contributed by atoms with E-state index in [-0.39, 0.29) is 5.91 Å². The van der Waals surface area contributed by atoms with Crippen LogP contribution in [0.1, 0.15) is 18.1 Å². The molecule has 0 bridgehead atoms. The van der Waals surface area contributed by atoms with Gasteiger partial charge in [0.25, 0.3) is 0 Å². The maximum atomic E-state index is 12.4. The van der Waals surface area contributed by atoms with Gasteiger partial charge in [-0.05, 0) is 11.1 Å². The first-order valence-corrected chi connectivity index (χ1v) is 7.94. The third kappa shape index (κ3) is 4.42. The quantitative estimate of drug-likeness (QED) is 0.891. The molecule has 3 nitrogen and oxygen atoms in total. The number of benzene rings is 2. The molecule has 0 radical (unpaired) electrons. The molecule has 122 valence electrons. The summed E-state index contributed by atoms with van der Waals surface area (Å²) in [7, 11) is 3.45. The summed E-state index contributed by atoms with van der Waals surface area (Å²) in [5, 5.41) is 11.4. The summed E-state index contributed by atoms with van der Waals surface area (Å²) >= 11 is 0. The number of rotatable bonds is 6. The maximum absolute atomic E-state index is 12.4. The third-order valence-corrected chi connectivity index (χ3v) is 4.32. The van der Waals surface area contributed by atoms with Crippen LogP contribution in [0.4, 0.5) is 0 Å². The summed E-state index contributed by atoms with van der Waals surface area (Å²) in [5.41, 5.74) is 0.943. The van der Waals surface area contributed by atoms with Crippen molar-refractivity contribution in [2.24, 2.45) is 5.92 Å². The zero-order chi connectivity index (χ0) is 16.9. The SMILES string of the molecule is CC(C(=O)N(C)C)C(O)(Cc1ccccc1)Cc1ccccc1. The molecule has 3 heteroatoms. The second kappa shape index (κ2) is 7.42. The zero-order valence-electron chi connectivity index (χ0n) is 14.1. The van der Waals surface area contributed by atoms with Crippen LogP contribution in [-0.2, 0) is 17.6 Å². The smallest absolute Gasteiger partial charge is 0.227 e. The number of hydrogen-bond acceptors (Lipinski definition) is 2. The van der Waals surface area contributed by atoms with Gasteiger partial charge in [0.05, 0.1) is 11.5 Å². The van der Waals surface area contributed by atoms with Crippen LogP contribution in [-0.4, -0.2) is 35.6 Å².